The fourth-order valence-corrected chi connectivity index (χ4v) is 2.60. The van der Waals surface area contributed by atoms with E-state index in [0.717, 1.165) is 23.1 Å². The molecule has 0 fully saturated rings. The Bertz CT molecular complexity index is 368. The van der Waals surface area contributed by atoms with Crippen molar-refractivity contribution in [2.45, 2.75) is 18.9 Å². The van der Waals surface area contributed by atoms with Gasteiger partial charge in [-0.15, -0.1) is 6.58 Å². The first kappa shape index (κ1) is 17.4. The van der Waals surface area contributed by atoms with Gasteiger partial charge in [0.05, 0.1) is 19.5 Å². The summed E-state index contributed by atoms with van der Waals surface area (Å²) < 4.78 is 27.0. The molecular formula is C10H19NO5S2. The van der Waals surface area contributed by atoms with Gasteiger partial charge in [-0.25, -0.2) is 5.06 Å². The lowest BCUT2D eigenvalue weighted by Gasteiger charge is -2.17. The van der Waals surface area contributed by atoms with E-state index in [2.05, 4.69) is 6.58 Å². The SMILES string of the molecule is C=CCC[C@H](CSC(=O)N(C)OC)OS(C)(=O)=O. The molecule has 0 aromatic heterocycles. The Balaban J connectivity index is 4.32. The zero-order valence-electron chi connectivity index (χ0n) is 10.8. The van der Waals surface area contributed by atoms with Gasteiger partial charge < -0.3 is 0 Å². The Labute approximate surface area is 112 Å². The number of amides is 1. The maximum atomic E-state index is 11.5. The van der Waals surface area contributed by atoms with Crippen molar-refractivity contribution in [1.29, 1.82) is 0 Å². The standard InChI is InChI=1S/C10H19NO5S2/c1-5-6-7-9(16-18(4,13)14)8-17-10(12)11(2)15-3/h5,9H,1,6-8H2,2-4H3/t9-/m1/s1. The summed E-state index contributed by atoms with van der Waals surface area (Å²) in [5, 5.41) is 0.758. The first-order valence-corrected chi connectivity index (χ1v) is 8.04. The van der Waals surface area contributed by atoms with E-state index >= 15 is 0 Å². The molecule has 0 aliphatic carbocycles. The Morgan fingerprint density at radius 2 is 2.17 bits per heavy atom. The normalized spacial score (nSPS) is 13.1. The quantitative estimate of drug-likeness (QED) is 0.385. The molecule has 0 unspecified atom stereocenters. The van der Waals surface area contributed by atoms with E-state index in [-0.39, 0.29) is 11.0 Å². The van der Waals surface area contributed by atoms with Crippen molar-refractivity contribution in [3.63, 3.8) is 0 Å². The highest BCUT2D eigenvalue weighted by Gasteiger charge is 2.18. The summed E-state index contributed by atoms with van der Waals surface area (Å²) in [6.45, 7) is 3.56. The van der Waals surface area contributed by atoms with Crippen LogP contribution in [0.3, 0.4) is 0 Å². The molecule has 0 heterocycles. The van der Waals surface area contributed by atoms with Gasteiger partial charge in [-0.1, -0.05) is 17.8 Å². The molecule has 0 saturated carbocycles. The number of rotatable bonds is 8. The van der Waals surface area contributed by atoms with E-state index in [1.807, 2.05) is 0 Å². The van der Waals surface area contributed by atoms with Crippen LogP contribution in [0.25, 0.3) is 0 Å². The molecule has 0 bridgehead atoms. The second kappa shape index (κ2) is 8.52. The maximum Gasteiger partial charge on any atom is 0.305 e. The molecule has 0 aromatic carbocycles. The molecule has 1 amide bonds. The Morgan fingerprint density at radius 1 is 1.56 bits per heavy atom. The highest BCUT2D eigenvalue weighted by molar-refractivity contribution is 8.13. The number of carbonyl (C=O) groups excluding carboxylic acids is 1. The fraction of sp³-hybridized carbons (Fsp3) is 0.700. The Hall–Kier alpha value is -0.570. The lowest BCUT2D eigenvalue weighted by Crippen LogP contribution is -2.25. The van der Waals surface area contributed by atoms with Gasteiger partial charge >= 0.3 is 5.24 Å². The van der Waals surface area contributed by atoms with Crippen molar-refractivity contribution in [2.24, 2.45) is 0 Å². The van der Waals surface area contributed by atoms with Gasteiger partial charge in [0.1, 0.15) is 0 Å². The molecule has 0 N–H and O–H groups in total. The van der Waals surface area contributed by atoms with Gasteiger partial charge in [0.15, 0.2) is 0 Å². The van der Waals surface area contributed by atoms with Crippen LogP contribution in [-0.4, -0.2) is 51.0 Å². The van der Waals surface area contributed by atoms with Crippen LogP contribution in [0.5, 0.6) is 0 Å². The van der Waals surface area contributed by atoms with Gasteiger partial charge in [0.2, 0.25) is 0 Å². The third-order valence-corrected chi connectivity index (χ3v) is 3.59. The fourth-order valence-electron chi connectivity index (χ4n) is 1.04. The summed E-state index contributed by atoms with van der Waals surface area (Å²) in [7, 11) is -0.678. The van der Waals surface area contributed by atoms with Crippen LogP contribution in [0.2, 0.25) is 0 Å². The summed E-state index contributed by atoms with van der Waals surface area (Å²) in [5.74, 6) is 0.243. The van der Waals surface area contributed by atoms with E-state index in [1.165, 1.54) is 14.2 Å². The molecule has 6 nitrogen and oxygen atoms in total. The van der Waals surface area contributed by atoms with Crippen LogP contribution in [0.4, 0.5) is 4.79 Å². The van der Waals surface area contributed by atoms with Crippen molar-refractivity contribution >= 4 is 27.1 Å². The number of allylic oxidation sites excluding steroid dienone is 1. The Kier molecular flexibility index (Phi) is 8.25. The highest BCUT2D eigenvalue weighted by atomic mass is 32.2. The van der Waals surface area contributed by atoms with Gasteiger partial charge in [-0.2, -0.15) is 8.42 Å². The van der Waals surface area contributed by atoms with Crippen LogP contribution in [-0.2, 0) is 19.1 Å². The van der Waals surface area contributed by atoms with Crippen molar-refractivity contribution in [1.82, 2.24) is 5.06 Å². The average molecular weight is 297 g/mol. The van der Waals surface area contributed by atoms with Gasteiger partial charge in [0.25, 0.3) is 10.1 Å². The summed E-state index contributed by atoms with van der Waals surface area (Å²) in [5.41, 5.74) is 0. The third kappa shape index (κ3) is 8.51. The zero-order valence-corrected chi connectivity index (χ0v) is 12.4. The van der Waals surface area contributed by atoms with Gasteiger partial charge in [-0.05, 0) is 12.8 Å². The Morgan fingerprint density at radius 3 is 2.61 bits per heavy atom. The molecule has 106 valence electrons. The molecule has 0 aliphatic heterocycles. The lowest BCUT2D eigenvalue weighted by atomic mass is 10.2. The largest absolute Gasteiger partial charge is 0.305 e. The second-order valence-corrected chi connectivity index (χ2v) is 6.12. The van der Waals surface area contributed by atoms with Crippen LogP contribution in [0.15, 0.2) is 12.7 Å². The minimum absolute atomic E-state index is 0.243. The topological polar surface area (TPSA) is 72.9 Å². The van der Waals surface area contributed by atoms with Gasteiger partial charge in [0, 0.05) is 12.8 Å². The zero-order chi connectivity index (χ0) is 14.2. The molecule has 0 spiro atoms. The first-order chi connectivity index (χ1) is 8.30. The molecule has 0 aliphatic rings. The third-order valence-electron chi connectivity index (χ3n) is 1.93. The minimum atomic E-state index is -3.53. The molecule has 1 atom stereocenters. The molecule has 0 aromatic rings. The maximum absolute atomic E-state index is 11.5. The summed E-state index contributed by atoms with van der Waals surface area (Å²) >= 11 is 0.947. The summed E-state index contributed by atoms with van der Waals surface area (Å²) in [6.07, 6.45) is 3.23. The second-order valence-electron chi connectivity index (χ2n) is 3.55. The van der Waals surface area contributed by atoms with E-state index < -0.39 is 16.2 Å². The molecule has 0 radical (unpaired) electrons. The van der Waals surface area contributed by atoms with Crippen LogP contribution in [0, 0.1) is 0 Å². The van der Waals surface area contributed by atoms with Crippen molar-refractivity contribution in [2.75, 3.05) is 26.2 Å². The van der Waals surface area contributed by atoms with Crippen molar-refractivity contribution in [3.8, 4) is 0 Å². The number of thioether (sulfide) groups is 1. The van der Waals surface area contributed by atoms with Crippen LogP contribution in [0.1, 0.15) is 12.8 Å². The van der Waals surface area contributed by atoms with Crippen LogP contribution >= 0.6 is 11.8 Å². The molecule has 0 saturated heterocycles. The van der Waals surface area contributed by atoms with E-state index in [4.69, 9.17) is 9.02 Å². The summed E-state index contributed by atoms with van der Waals surface area (Å²) in [4.78, 5) is 16.2. The number of hydroxylamine groups is 2. The van der Waals surface area contributed by atoms with Crippen molar-refractivity contribution < 1.29 is 22.2 Å². The number of carbonyl (C=O) groups is 1. The van der Waals surface area contributed by atoms with Crippen molar-refractivity contribution in [3.05, 3.63) is 12.7 Å². The molecule has 0 rings (SSSR count). The predicted octanol–water partition coefficient (Wildman–Crippen LogP) is 1.64. The van der Waals surface area contributed by atoms with E-state index in [1.54, 1.807) is 6.08 Å². The van der Waals surface area contributed by atoms with Crippen LogP contribution < -0.4 is 0 Å². The first-order valence-electron chi connectivity index (χ1n) is 5.24. The number of hydrogen-bond acceptors (Lipinski definition) is 6. The lowest BCUT2D eigenvalue weighted by molar-refractivity contribution is -0.0548. The smallest absolute Gasteiger partial charge is 0.274 e. The van der Waals surface area contributed by atoms with E-state index in [9.17, 15) is 13.2 Å². The summed E-state index contributed by atoms with van der Waals surface area (Å²) in [6, 6.07) is 0. The number of nitrogens with zero attached hydrogens (tertiary/aromatic N) is 1. The molecule has 18 heavy (non-hydrogen) atoms. The predicted molar refractivity (Wildman–Crippen MR) is 71.8 cm³/mol. The van der Waals surface area contributed by atoms with Gasteiger partial charge in [-0.3, -0.25) is 13.8 Å². The highest BCUT2D eigenvalue weighted by Crippen LogP contribution is 2.16. The molecular weight excluding hydrogens is 278 g/mol. The monoisotopic (exact) mass is 297 g/mol. The minimum Gasteiger partial charge on any atom is -0.274 e. The average Bonchev–Trinajstić information content (AvgIpc) is 2.29. The number of hydrogen-bond donors (Lipinski definition) is 0. The molecule has 8 heteroatoms. The van der Waals surface area contributed by atoms with E-state index in [0.29, 0.717) is 12.8 Å².